The summed E-state index contributed by atoms with van der Waals surface area (Å²) in [6.07, 6.45) is 1.84. The number of ether oxygens (including phenoxy) is 2. The molecule has 1 amide bonds. The van der Waals surface area contributed by atoms with Crippen molar-refractivity contribution in [3.8, 4) is 5.75 Å². The Morgan fingerprint density at radius 2 is 1.76 bits per heavy atom. The summed E-state index contributed by atoms with van der Waals surface area (Å²) in [6, 6.07) is 27.0. The van der Waals surface area contributed by atoms with Crippen molar-refractivity contribution < 1.29 is 19.1 Å². The Bertz CT molecular complexity index is 1600. The highest BCUT2D eigenvalue weighted by Gasteiger charge is 2.30. The molecule has 1 fully saturated rings. The minimum Gasteiger partial charge on any atom is -0.488 e. The summed E-state index contributed by atoms with van der Waals surface area (Å²) < 4.78 is 11.6. The minimum absolute atomic E-state index is 0.132. The number of hydrogen-bond acceptors (Lipinski definition) is 6. The summed E-state index contributed by atoms with van der Waals surface area (Å²) >= 11 is 4.90. The van der Waals surface area contributed by atoms with Gasteiger partial charge in [-0.05, 0) is 98.1 Å². The van der Waals surface area contributed by atoms with Gasteiger partial charge in [0.25, 0.3) is 5.91 Å². The van der Waals surface area contributed by atoms with Crippen molar-refractivity contribution in [2.45, 2.75) is 6.61 Å². The molecule has 1 aliphatic rings. The molecule has 1 heterocycles. The number of carbonyl (C=O) groups excluding carboxylic acids is 2. The number of carbonyl (C=O) groups is 2. The van der Waals surface area contributed by atoms with Gasteiger partial charge in [0.05, 0.1) is 27.7 Å². The number of aliphatic imine (C=N–C) groups is 1. The van der Waals surface area contributed by atoms with E-state index in [9.17, 15) is 9.59 Å². The number of nitrogens with zero attached hydrogens (tertiary/aromatic N) is 2. The summed E-state index contributed by atoms with van der Waals surface area (Å²) in [5, 5.41) is 2.94. The van der Waals surface area contributed by atoms with E-state index in [2.05, 4.69) is 51.3 Å². The fraction of sp³-hybridized carbons (Fsp3) is 0.100. The van der Waals surface area contributed by atoms with Crippen LogP contribution in [0.1, 0.15) is 21.5 Å². The van der Waals surface area contributed by atoms with Gasteiger partial charge in [-0.1, -0.05) is 42.5 Å². The second kappa shape index (κ2) is 11.2. The van der Waals surface area contributed by atoms with Gasteiger partial charge < -0.3 is 9.47 Å². The molecule has 0 N–H and O–H groups in total. The Labute approximate surface area is 233 Å². The van der Waals surface area contributed by atoms with E-state index in [4.69, 9.17) is 9.47 Å². The van der Waals surface area contributed by atoms with Crippen LogP contribution in [-0.2, 0) is 16.1 Å². The molecule has 1 saturated heterocycles. The zero-order valence-electron chi connectivity index (χ0n) is 20.7. The van der Waals surface area contributed by atoms with Crippen LogP contribution in [-0.4, -0.2) is 36.1 Å². The molecular formula is C30H23BrN2O4S. The van der Waals surface area contributed by atoms with Gasteiger partial charge >= 0.3 is 5.97 Å². The van der Waals surface area contributed by atoms with Gasteiger partial charge in [0.1, 0.15) is 12.4 Å². The Morgan fingerprint density at radius 1 is 1.00 bits per heavy atom. The number of hydrogen-bond donors (Lipinski definition) is 0. The van der Waals surface area contributed by atoms with Gasteiger partial charge in [-0.25, -0.2) is 9.79 Å². The number of benzene rings is 4. The molecule has 0 aliphatic carbocycles. The average molecular weight is 587 g/mol. The second-order valence-corrected chi connectivity index (χ2v) is 10.4. The number of fused-ring (bicyclic) bond motifs is 1. The second-order valence-electron chi connectivity index (χ2n) is 8.57. The lowest BCUT2D eigenvalue weighted by Crippen LogP contribution is -2.23. The smallest absolute Gasteiger partial charge is 0.337 e. The van der Waals surface area contributed by atoms with Crippen molar-refractivity contribution in [2.75, 3.05) is 14.2 Å². The van der Waals surface area contributed by atoms with Crippen molar-refractivity contribution in [3.63, 3.8) is 0 Å². The molecule has 8 heteroatoms. The maximum absolute atomic E-state index is 12.9. The number of methoxy groups -OCH3 is 1. The third-order valence-corrected chi connectivity index (χ3v) is 7.66. The highest BCUT2D eigenvalue weighted by Crippen LogP contribution is 2.35. The van der Waals surface area contributed by atoms with Gasteiger partial charge in [-0.15, -0.1) is 0 Å². The molecule has 0 unspecified atom stereocenters. The molecule has 0 aromatic heterocycles. The number of likely N-dealkylation sites (N-methyl/N-ethyl adjacent to an activating group) is 1. The predicted molar refractivity (Wildman–Crippen MR) is 156 cm³/mol. The fourth-order valence-electron chi connectivity index (χ4n) is 3.92. The Hall–Kier alpha value is -3.88. The molecule has 5 rings (SSSR count). The van der Waals surface area contributed by atoms with E-state index in [0.29, 0.717) is 27.9 Å². The standard InChI is InChI=1S/C30H23BrN2O4S/c1-33-28(34)27(38-30(33)32-24-12-10-22(11-13-24)29(35)36-2)17-19-8-14-26(25(31)16-19)37-18-20-7-9-21-5-3-4-6-23(21)15-20/h3-17H,18H2,1-2H3/b27-17+,32-30?. The zero-order valence-corrected chi connectivity index (χ0v) is 23.1. The van der Waals surface area contributed by atoms with Crippen LogP contribution >= 0.6 is 27.7 Å². The summed E-state index contributed by atoms with van der Waals surface area (Å²) in [7, 11) is 3.03. The number of esters is 1. The molecule has 1 aliphatic heterocycles. The van der Waals surface area contributed by atoms with Crippen molar-refractivity contribution in [1.82, 2.24) is 4.90 Å². The maximum atomic E-state index is 12.9. The average Bonchev–Trinajstić information content (AvgIpc) is 3.20. The minimum atomic E-state index is -0.409. The molecule has 0 atom stereocenters. The molecule has 38 heavy (non-hydrogen) atoms. The topological polar surface area (TPSA) is 68.2 Å². The third-order valence-electron chi connectivity index (χ3n) is 5.98. The summed E-state index contributed by atoms with van der Waals surface area (Å²) in [5.41, 5.74) is 3.03. The summed E-state index contributed by atoms with van der Waals surface area (Å²) in [6.45, 7) is 0.448. The van der Waals surface area contributed by atoms with E-state index in [1.165, 1.54) is 34.5 Å². The number of thioether (sulfide) groups is 1. The van der Waals surface area contributed by atoms with Gasteiger partial charge in [-0.3, -0.25) is 9.69 Å². The Balaban J connectivity index is 1.28. The largest absolute Gasteiger partial charge is 0.488 e. The number of rotatable bonds is 6. The van der Waals surface area contributed by atoms with Crippen LogP contribution in [0.5, 0.6) is 5.75 Å². The van der Waals surface area contributed by atoms with E-state index >= 15 is 0 Å². The maximum Gasteiger partial charge on any atom is 0.337 e. The number of halogens is 1. The zero-order chi connectivity index (χ0) is 26.6. The first-order valence-electron chi connectivity index (χ1n) is 11.8. The van der Waals surface area contributed by atoms with Crippen LogP contribution in [0.25, 0.3) is 16.8 Å². The quantitative estimate of drug-likeness (QED) is 0.176. The van der Waals surface area contributed by atoms with E-state index in [0.717, 1.165) is 21.3 Å². The van der Waals surface area contributed by atoms with Crippen LogP contribution in [0, 0.1) is 0 Å². The van der Waals surface area contributed by atoms with E-state index in [1.54, 1.807) is 31.3 Å². The summed E-state index contributed by atoms with van der Waals surface area (Å²) in [4.78, 5) is 31.1. The number of amidine groups is 1. The van der Waals surface area contributed by atoms with Crippen molar-refractivity contribution in [1.29, 1.82) is 0 Å². The number of amides is 1. The van der Waals surface area contributed by atoms with Crippen molar-refractivity contribution in [2.24, 2.45) is 4.99 Å². The first kappa shape index (κ1) is 25.8. The van der Waals surface area contributed by atoms with E-state index in [1.807, 2.05) is 36.4 Å². The van der Waals surface area contributed by atoms with Gasteiger partial charge in [0, 0.05) is 7.05 Å². The van der Waals surface area contributed by atoms with Crippen LogP contribution in [0.2, 0.25) is 0 Å². The first-order valence-corrected chi connectivity index (χ1v) is 13.4. The molecule has 4 aromatic rings. The van der Waals surface area contributed by atoms with Gasteiger partial charge in [-0.2, -0.15) is 0 Å². The van der Waals surface area contributed by atoms with Crippen molar-refractivity contribution >= 4 is 67.3 Å². The van der Waals surface area contributed by atoms with Crippen LogP contribution in [0.3, 0.4) is 0 Å². The Morgan fingerprint density at radius 3 is 2.50 bits per heavy atom. The lowest BCUT2D eigenvalue weighted by Gasteiger charge is -2.10. The van der Waals surface area contributed by atoms with Crippen LogP contribution in [0.15, 0.2) is 99.3 Å². The molecule has 0 saturated carbocycles. The van der Waals surface area contributed by atoms with E-state index in [-0.39, 0.29) is 5.91 Å². The highest BCUT2D eigenvalue weighted by molar-refractivity contribution is 9.10. The molecular weight excluding hydrogens is 564 g/mol. The third kappa shape index (κ3) is 5.66. The molecule has 4 aromatic carbocycles. The molecule has 0 bridgehead atoms. The molecule has 0 spiro atoms. The van der Waals surface area contributed by atoms with Gasteiger partial charge in [0.15, 0.2) is 5.17 Å². The normalized spacial score (nSPS) is 15.4. The molecule has 190 valence electrons. The van der Waals surface area contributed by atoms with Crippen molar-refractivity contribution in [3.05, 3.63) is 111 Å². The van der Waals surface area contributed by atoms with E-state index < -0.39 is 5.97 Å². The summed E-state index contributed by atoms with van der Waals surface area (Å²) in [5.74, 6) is 0.182. The first-order chi connectivity index (χ1) is 18.4. The lowest BCUT2D eigenvalue weighted by atomic mass is 10.1. The molecule has 0 radical (unpaired) electrons. The fourth-order valence-corrected chi connectivity index (χ4v) is 5.41. The lowest BCUT2D eigenvalue weighted by molar-refractivity contribution is -0.121. The molecule has 6 nitrogen and oxygen atoms in total. The SMILES string of the molecule is COC(=O)c1ccc(N=C2S/C(=C/c3ccc(OCc4ccc5ccccc5c4)c(Br)c3)C(=O)N2C)cc1. The monoisotopic (exact) mass is 586 g/mol. The van der Waals surface area contributed by atoms with Gasteiger partial charge in [0.2, 0.25) is 0 Å². The van der Waals surface area contributed by atoms with Crippen LogP contribution in [0.4, 0.5) is 5.69 Å². The predicted octanol–water partition coefficient (Wildman–Crippen LogP) is 7.20. The Kier molecular flexibility index (Phi) is 7.62. The highest BCUT2D eigenvalue weighted by atomic mass is 79.9. The van der Waals surface area contributed by atoms with Crippen LogP contribution < -0.4 is 4.74 Å².